The van der Waals surface area contributed by atoms with Gasteiger partial charge < -0.3 is 14.7 Å². The number of pyridine rings is 1. The average Bonchev–Trinajstić information content (AvgIpc) is 3.29. The third kappa shape index (κ3) is 3.50. The smallest absolute Gasteiger partial charge is 0.339 e. The summed E-state index contributed by atoms with van der Waals surface area (Å²) in [5.74, 6) is 0.443. The number of nitrogens with zero attached hydrogens (tertiary/aromatic N) is 3. The zero-order chi connectivity index (χ0) is 19.6. The van der Waals surface area contributed by atoms with Crippen LogP contribution in [0.25, 0.3) is 0 Å². The van der Waals surface area contributed by atoms with Gasteiger partial charge in [-0.05, 0) is 50.0 Å². The van der Waals surface area contributed by atoms with E-state index in [2.05, 4.69) is 14.8 Å². The molecule has 0 spiro atoms. The van der Waals surface area contributed by atoms with E-state index in [1.54, 1.807) is 12.3 Å². The van der Waals surface area contributed by atoms with E-state index in [1.165, 1.54) is 20.0 Å². The van der Waals surface area contributed by atoms with Gasteiger partial charge in [-0.3, -0.25) is 4.90 Å². The van der Waals surface area contributed by atoms with E-state index in [0.717, 1.165) is 24.5 Å². The molecule has 4 rings (SSSR count). The molecule has 2 aliphatic heterocycles. The Bertz CT molecular complexity index is 806. The Morgan fingerprint density at radius 2 is 1.89 bits per heavy atom. The number of methoxy groups -OCH3 is 1. The lowest BCUT2D eigenvalue weighted by molar-refractivity contribution is -0.0603. The highest BCUT2D eigenvalue weighted by atomic mass is 16.5. The highest BCUT2D eigenvalue weighted by molar-refractivity contribution is 5.89. The third-order valence-electron chi connectivity index (χ3n) is 6.06. The van der Waals surface area contributed by atoms with Crippen LogP contribution in [-0.4, -0.2) is 60.3 Å². The summed E-state index contributed by atoms with van der Waals surface area (Å²) in [7, 11) is 1.37. The number of aliphatic hydroxyl groups is 1. The number of esters is 1. The van der Waals surface area contributed by atoms with Crippen molar-refractivity contribution in [3.63, 3.8) is 0 Å². The number of carbonyl (C=O) groups is 1. The molecule has 28 heavy (non-hydrogen) atoms. The summed E-state index contributed by atoms with van der Waals surface area (Å²) in [5.41, 5.74) is 0.564. The number of piperidine rings is 1. The quantitative estimate of drug-likeness (QED) is 0.821. The topological polar surface area (TPSA) is 65.9 Å². The van der Waals surface area contributed by atoms with Crippen LogP contribution in [0.2, 0.25) is 0 Å². The summed E-state index contributed by atoms with van der Waals surface area (Å²) in [6, 6.07) is 13.6. The Morgan fingerprint density at radius 3 is 2.54 bits per heavy atom. The highest BCUT2D eigenvalue weighted by Gasteiger charge is 2.46. The van der Waals surface area contributed by atoms with Crippen LogP contribution >= 0.6 is 0 Å². The summed E-state index contributed by atoms with van der Waals surface area (Å²) in [5, 5.41) is 11.7. The predicted molar refractivity (Wildman–Crippen MR) is 107 cm³/mol. The van der Waals surface area contributed by atoms with Crippen molar-refractivity contribution < 1.29 is 14.6 Å². The molecule has 0 saturated carbocycles. The van der Waals surface area contributed by atoms with Crippen molar-refractivity contribution >= 4 is 11.8 Å². The van der Waals surface area contributed by atoms with Gasteiger partial charge in [0, 0.05) is 19.3 Å². The fourth-order valence-electron chi connectivity index (χ4n) is 4.48. The number of rotatable bonds is 4. The van der Waals surface area contributed by atoms with Gasteiger partial charge in [0.2, 0.25) is 0 Å². The lowest BCUT2D eigenvalue weighted by atomic mass is 9.79. The number of anilines is 1. The monoisotopic (exact) mass is 381 g/mol. The number of benzene rings is 1. The molecule has 1 N–H and O–H groups in total. The second-order valence-electron chi connectivity index (χ2n) is 7.64. The van der Waals surface area contributed by atoms with E-state index in [9.17, 15) is 9.90 Å². The molecule has 1 aromatic heterocycles. The van der Waals surface area contributed by atoms with Gasteiger partial charge in [0.1, 0.15) is 11.4 Å². The van der Waals surface area contributed by atoms with Crippen LogP contribution in [-0.2, 0) is 10.3 Å². The molecule has 0 amide bonds. The maximum absolute atomic E-state index is 11.7. The highest BCUT2D eigenvalue weighted by Crippen LogP contribution is 2.38. The second kappa shape index (κ2) is 7.89. The van der Waals surface area contributed by atoms with Crippen molar-refractivity contribution in [2.24, 2.45) is 0 Å². The number of likely N-dealkylation sites (tertiary alicyclic amines) is 1. The Labute approximate surface area is 165 Å². The largest absolute Gasteiger partial charge is 0.465 e. The van der Waals surface area contributed by atoms with Gasteiger partial charge in [-0.2, -0.15) is 0 Å². The van der Waals surface area contributed by atoms with Crippen molar-refractivity contribution in [3.05, 3.63) is 59.8 Å². The van der Waals surface area contributed by atoms with Crippen LogP contribution in [0.1, 0.15) is 35.2 Å². The molecular formula is C22H27N3O3. The molecule has 3 heterocycles. The van der Waals surface area contributed by atoms with E-state index < -0.39 is 5.60 Å². The Hall–Kier alpha value is -2.44. The van der Waals surface area contributed by atoms with E-state index in [-0.39, 0.29) is 12.0 Å². The van der Waals surface area contributed by atoms with Crippen molar-refractivity contribution in [3.8, 4) is 0 Å². The molecule has 6 heteroatoms. The van der Waals surface area contributed by atoms with Crippen LogP contribution in [0.15, 0.2) is 48.7 Å². The minimum absolute atomic E-state index is 0.00762. The molecule has 2 fully saturated rings. The Kier molecular flexibility index (Phi) is 5.33. The Balaban J connectivity index is 1.59. The van der Waals surface area contributed by atoms with Gasteiger partial charge in [0.25, 0.3) is 0 Å². The molecular weight excluding hydrogens is 354 g/mol. The van der Waals surface area contributed by atoms with Gasteiger partial charge in [-0.25, -0.2) is 9.78 Å². The van der Waals surface area contributed by atoms with E-state index in [4.69, 9.17) is 4.74 Å². The zero-order valence-electron chi connectivity index (χ0n) is 16.3. The Morgan fingerprint density at radius 1 is 1.14 bits per heavy atom. The molecule has 6 nitrogen and oxygen atoms in total. The molecule has 2 aliphatic rings. The third-order valence-corrected chi connectivity index (χ3v) is 6.06. The first-order chi connectivity index (χ1) is 13.6. The summed E-state index contributed by atoms with van der Waals surface area (Å²) in [6.07, 6.45) is 4.55. The molecule has 2 atom stereocenters. The molecule has 2 aromatic rings. The molecule has 148 valence electrons. The standard InChI is InChI=1S/C22H27N3O3/c1-28-21(26)17-9-10-20(23-15-17)25-14-11-22(27,18-7-3-2-4-8-18)19(16-25)24-12-5-6-13-24/h2-4,7-10,15,19,27H,5-6,11-14,16H2,1H3/t19-,22+/m1/s1. The fourth-order valence-corrected chi connectivity index (χ4v) is 4.48. The van der Waals surface area contributed by atoms with Gasteiger partial charge in [-0.1, -0.05) is 30.3 Å². The van der Waals surface area contributed by atoms with Crippen LogP contribution in [0, 0.1) is 0 Å². The first kappa shape index (κ1) is 18.9. The number of hydrogen-bond donors (Lipinski definition) is 1. The summed E-state index contributed by atoms with van der Waals surface area (Å²) in [6.45, 7) is 3.45. The lowest BCUT2D eigenvalue weighted by Crippen LogP contribution is -2.60. The van der Waals surface area contributed by atoms with E-state index >= 15 is 0 Å². The molecule has 0 bridgehead atoms. The molecule has 0 aliphatic carbocycles. The molecule has 0 unspecified atom stereocenters. The molecule has 0 radical (unpaired) electrons. The van der Waals surface area contributed by atoms with Gasteiger partial charge in [-0.15, -0.1) is 0 Å². The lowest BCUT2D eigenvalue weighted by Gasteiger charge is -2.49. The van der Waals surface area contributed by atoms with Gasteiger partial charge >= 0.3 is 5.97 Å². The maximum atomic E-state index is 11.7. The van der Waals surface area contributed by atoms with Gasteiger partial charge in [0.05, 0.1) is 18.7 Å². The summed E-state index contributed by atoms with van der Waals surface area (Å²) >= 11 is 0. The van der Waals surface area contributed by atoms with E-state index in [0.29, 0.717) is 25.1 Å². The first-order valence-corrected chi connectivity index (χ1v) is 9.93. The van der Waals surface area contributed by atoms with Crippen molar-refractivity contribution in [1.82, 2.24) is 9.88 Å². The second-order valence-corrected chi connectivity index (χ2v) is 7.64. The number of hydrogen-bond acceptors (Lipinski definition) is 6. The first-order valence-electron chi connectivity index (χ1n) is 9.93. The minimum Gasteiger partial charge on any atom is -0.465 e. The van der Waals surface area contributed by atoms with Crippen LogP contribution in [0.4, 0.5) is 5.82 Å². The predicted octanol–water partition coefficient (Wildman–Crippen LogP) is 2.43. The summed E-state index contributed by atoms with van der Waals surface area (Å²) < 4.78 is 4.75. The number of carbonyl (C=O) groups excluding carboxylic acids is 1. The SMILES string of the molecule is COC(=O)c1ccc(N2CC[C@](O)(c3ccccc3)[C@H](N3CCCC3)C2)nc1. The number of ether oxygens (including phenoxy) is 1. The minimum atomic E-state index is -0.867. The molecule has 1 aromatic carbocycles. The fraction of sp³-hybridized carbons (Fsp3) is 0.455. The summed E-state index contributed by atoms with van der Waals surface area (Å²) in [4.78, 5) is 20.8. The zero-order valence-corrected chi connectivity index (χ0v) is 16.3. The van der Waals surface area contributed by atoms with Crippen LogP contribution in [0.3, 0.4) is 0 Å². The molecule has 2 saturated heterocycles. The van der Waals surface area contributed by atoms with Crippen LogP contribution < -0.4 is 4.90 Å². The van der Waals surface area contributed by atoms with Gasteiger partial charge in [0.15, 0.2) is 0 Å². The van der Waals surface area contributed by atoms with Crippen molar-refractivity contribution in [2.75, 3.05) is 38.2 Å². The maximum Gasteiger partial charge on any atom is 0.339 e. The average molecular weight is 381 g/mol. The number of aromatic nitrogens is 1. The normalized spacial score (nSPS) is 25.6. The van der Waals surface area contributed by atoms with Crippen molar-refractivity contribution in [2.45, 2.75) is 30.9 Å². The van der Waals surface area contributed by atoms with Crippen molar-refractivity contribution in [1.29, 1.82) is 0 Å². The van der Waals surface area contributed by atoms with E-state index in [1.807, 2.05) is 36.4 Å². The van der Waals surface area contributed by atoms with Crippen LogP contribution in [0.5, 0.6) is 0 Å².